The van der Waals surface area contributed by atoms with E-state index in [2.05, 4.69) is 163 Å². The molecule has 0 N–H and O–H groups in total. The van der Waals surface area contributed by atoms with Gasteiger partial charge in [-0.2, -0.15) is 0 Å². The molecule has 0 bridgehead atoms. The highest BCUT2D eigenvalue weighted by molar-refractivity contribution is 7.00. The Hall–Kier alpha value is -3.36. The molecule has 0 aromatic heterocycles. The summed E-state index contributed by atoms with van der Waals surface area (Å²) in [6.45, 7) is 16.8. The second-order valence-corrected chi connectivity index (χ2v) is 23.3. The van der Waals surface area contributed by atoms with Crippen LogP contribution in [0.4, 0.5) is 0 Å². The fourth-order valence-corrected chi connectivity index (χ4v) is 16.3. The Balaban J connectivity index is 1.48. The first-order chi connectivity index (χ1) is 22.4. The molecule has 0 unspecified atom stereocenters. The lowest BCUT2D eigenvalue weighted by atomic mass is 10.0. The molecule has 0 fully saturated rings. The van der Waals surface area contributed by atoms with Crippen LogP contribution in [0.2, 0.25) is 10.1 Å². The van der Waals surface area contributed by atoms with E-state index in [0.29, 0.717) is 13.2 Å². The third-order valence-electron chi connectivity index (χ3n) is 9.16. The van der Waals surface area contributed by atoms with Crippen molar-refractivity contribution in [1.82, 2.24) is 0 Å². The summed E-state index contributed by atoms with van der Waals surface area (Å²) in [4.78, 5) is 12.3. The zero-order valence-corrected chi connectivity index (χ0v) is 31.6. The molecule has 0 spiro atoms. The Kier molecular flexibility index (Phi) is 12.5. The minimum atomic E-state index is -2.59. The maximum Gasteiger partial charge on any atom is 0.261 e. The zero-order chi connectivity index (χ0) is 34.0. The fraction of sp³-hybridized carbons (Fsp3) is 0.357. The summed E-state index contributed by atoms with van der Waals surface area (Å²) in [6, 6.07) is 43.2. The summed E-state index contributed by atoms with van der Waals surface area (Å²) in [5, 5.41) is 5.03. The quantitative estimate of drug-likeness (QED) is 0.0731. The van der Waals surface area contributed by atoms with Crippen LogP contribution in [0.3, 0.4) is 0 Å². The fourth-order valence-electron chi connectivity index (χ4n) is 7.13. The molecule has 0 heterocycles. The molecule has 248 valence electrons. The summed E-state index contributed by atoms with van der Waals surface area (Å²) >= 11 is 0. The van der Waals surface area contributed by atoms with Crippen LogP contribution in [0.5, 0.6) is 0 Å². The topological polar surface area (TPSA) is 35.5 Å². The lowest BCUT2D eigenvalue weighted by Gasteiger charge is -2.43. The maximum atomic E-state index is 12.3. The van der Waals surface area contributed by atoms with Crippen molar-refractivity contribution in [2.45, 2.75) is 84.2 Å². The first-order valence-electron chi connectivity index (χ1n) is 17.1. The van der Waals surface area contributed by atoms with Crippen LogP contribution in [0.1, 0.15) is 74.1 Å². The van der Waals surface area contributed by atoms with Gasteiger partial charge in [0.25, 0.3) is 16.6 Å². The smallest absolute Gasteiger partial charge is 0.261 e. The van der Waals surface area contributed by atoms with Gasteiger partial charge in [0.2, 0.25) is 0 Å². The van der Waals surface area contributed by atoms with Crippen LogP contribution in [-0.4, -0.2) is 35.6 Å². The van der Waals surface area contributed by atoms with Gasteiger partial charge in [-0.05, 0) is 69.5 Å². The number of allylic oxidation sites excluding steroid dienone is 2. The lowest BCUT2D eigenvalue weighted by molar-refractivity contribution is -0.112. The highest BCUT2D eigenvalue weighted by atomic mass is 28.4. The molecule has 0 amide bonds. The lowest BCUT2D eigenvalue weighted by Crippen LogP contribution is -2.66. The third kappa shape index (κ3) is 8.57. The number of carbonyl (C=O) groups is 1. The van der Waals surface area contributed by atoms with Crippen LogP contribution >= 0.6 is 0 Å². The molecule has 47 heavy (non-hydrogen) atoms. The SMILES string of the molecule is CC(=O)C=C(CCCO[Si](c1ccccc1)(c1ccccc1)C(C)(C)C)CCCO[Si](c1ccccc1)(c1ccccc1)C(C)(C)C. The van der Waals surface area contributed by atoms with Gasteiger partial charge >= 0.3 is 0 Å². The molecular weight excluding hydrogens is 609 g/mol. The monoisotopic (exact) mass is 662 g/mol. The molecule has 0 aliphatic rings. The van der Waals surface area contributed by atoms with Crippen LogP contribution in [-0.2, 0) is 13.6 Å². The van der Waals surface area contributed by atoms with Crippen molar-refractivity contribution in [3.63, 3.8) is 0 Å². The Morgan fingerprint density at radius 1 is 0.532 bits per heavy atom. The first kappa shape index (κ1) is 36.5. The molecule has 0 aliphatic heterocycles. The van der Waals surface area contributed by atoms with Crippen molar-refractivity contribution in [1.29, 1.82) is 0 Å². The number of ketones is 1. The molecule has 0 radical (unpaired) electrons. The molecule has 4 aromatic carbocycles. The second kappa shape index (κ2) is 16.2. The second-order valence-electron chi connectivity index (χ2n) is 14.6. The molecule has 3 nitrogen and oxygen atoms in total. The van der Waals surface area contributed by atoms with Crippen molar-refractivity contribution in [3.05, 3.63) is 133 Å². The van der Waals surface area contributed by atoms with E-state index in [1.807, 2.05) is 6.08 Å². The summed E-state index contributed by atoms with van der Waals surface area (Å²) in [5.74, 6) is 0.0980. The summed E-state index contributed by atoms with van der Waals surface area (Å²) in [5.41, 5.74) is 1.18. The maximum absolute atomic E-state index is 12.3. The largest absolute Gasteiger partial charge is 0.407 e. The van der Waals surface area contributed by atoms with Gasteiger partial charge in [-0.3, -0.25) is 4.79 Å². The summed E-state index contributed by atoms with van der Waals surface area (Å²) in [6.07, 6.45) is 5.22. The molecule has 4 rings (SSSR count). The normalized spacial score (nSPS) is 12.5. The zero-order valence-electron chi connectivity index (χ0n) is 29.6. The van der Waals surface area contributed by atoms with Crippen molar-refractivity contribution >= 4 is 43.2 Å². The van der Waals surface area contributed by atoms with E-state index in [-0.39, 0.29) is 15.9 Å². The first-order valence-corrected chi connectivity index (χ1v) is 20.9. The molecule has 0 aliphatic carbocycles. The summed E-state index contributed by atoms with van der Waals surface area (Å²) < 4.78 is 14.3. The van der Waals surface area contributed by atoms with Gasteiger partial charge in [0.05, 0.1) is 0 Å². The highest BCUT2D eigenvalue weighted by Gasteiger charge is 2.51. The molecule has 0 atom stereocenters. The number of rotatable bonds is 15. The van der Waals surface area contributed by atoms with Crippen molar-refractivity contribution in [2.24, 2.45) is 0 Å². The number of benzene rings is 4. The number of hydrogen-bond acceptors (Lipinski definition) is 3. The Morgan fingerprint density at radius 3 is 1.04 bits per heavy atom. The average molecular weight is 663 g/mol. The van der Waals surface area contributed by atoms with Gasteiger partial charge in [0.15, 0.2) is 5.78 Å². The molecular formula is C42H54O3Si2. The van der Waals surface area contributed by atoms with Crippen LogP contribution < -0.4 is 20.7 Å². The molecule has 0 saturated heterocycles. The minimum absolute atomic E-state index is 0.0634. The molecule has 4 aromatic rings. The Morgan fingerprint density at radius 2 is 0.809 bits per heavy atom. The predicted molar refractivity (Wildman–Crippen MR) is 204 cm³/mol. The van der Waals surface area contributed by atoms with Crippen molar-refractivity contribution in [2.75, 3.05) is 13.2 Å². The Bertz CT molecular complexity index is 1360. The van der Waals surface area contributed by atoms with E-state index >= 15 is 0 Å². The Labute approximate surface area is 286 Å². The third-order valence-corrected chi connectivity index (χ3v) is 19.2. The van der Waals surface area contributed by atoms with E-state index in [0.717, 1.165) is 25.7 Å². The molecule has 0 saturated carbocycles. The van der Waals surface area contributed by atoms with Crippen LogP contribution in [0, 0.1) is 0 Å². The van der Waals surface area contributed by atoms with Crippen LogP contribution in [0.25, 0.3) is 0 Å². The van der Waals surface area contributed by atoms with E-state index < -0.39 is 16.6 Å². The van der Waals surface area contributed by atoms with E-state index in [4.69, 9.17) is 8.85 Å². The minimum Gasteiger partial charge on any atom is -0.407 e. The van der Waals surface area contributed by atoms with E-state index in [9.17, 15) is 4.79 Å². The van der Waals surface area contributed by atoms with Gasteiger partial charge in [0.1, 0.15) is 0 Å². The van der Waals surface area contributed by atoms with Gasteiger partial charge in [-0.25, -0.2) is 0 Å². The van der Waals surface area contributed by atoms with E-state index in [1.54, 1.807) is 6.92 Å². The predicted octanol–water partition coefficient (Wildman–Crippen LogP) is 8.22. The number of hydrogen-bond donors (Lipinski definition) is 0. The van der Waals surface area contributed by atoms with Crippen molar-refractivity contribution in [3.8, 4) is 0 Å². The van der Waals surface area contributed by atoms with Crippen molar-refractivity contribution < 1.29 is 13.6 Å². The van der Waals surface area contributed by atoms with Gasteiger partial charge in [-0.1, -0.05) is 168 Å². The molecule has 5 heteroatoms. The van der Waals surface area contributed by atoms with Crippen LogP contribution in [0.15, 0.2) is 133 Å². The van der Waals surface area contributed by atoms with Gasteiger partial charge in [-0.15, -0.1) is 0 Å². The average Bonchev–Trinajstić information content (AvgIpc) is 3.05. The van der Waals surface area contributed by atoms with Gasteiger partial charge in [0, 0.05) is 13.2 Å². The summed E-state index contributed by atoms with van der Waals surface area (Å²) in [7, 11) is -5.18. The number of carbonyl (C=O) groups excluding carboxylic acids is 1. The highest BCUT2D eigenvalue weighted by Crippen LogP contribution is 2.38. The standard InChI is InChI=1S/C42H54O3Si2/c1-35(43)34-36(22-20-32-44-46(41(2,3)4,37-24-12-8-13-25-37)38-26-14-9-15-27-38)23-21-33-45-47(42(5,6)7,39-28-16-10-17-29-39)40-30-18-11-19-31-40/h8-19,24-31,34H,20-23,32-33H2,1-7H3. The van der Waals surface area contributed by atoms with E-state index in [1.165, 1.54) is 26.3 Å². The van der Waals surface area contributed by atoms with Gasteiger partial charge < -0.3 is 8.85 Å².